The van der Waals surface area contributed by atoms with Crippen LogP contribution in [0.3, 0.4) is 0 Å². The number of hydrogen-bond acceptors (Lipinski definition) is 3. The normalized spacial score (nSPS) is 19.2. The SMILES string of the molecule is CC(C)Cn1ccc2cc(NC(=O)C3CCCCN3S(C)(=O)=O)ccc21. The van der Waals surface area contributed by atoms with Gasteiger partial charge in [-0.05, 0) is 43.0 Å². The van der Waals surface area contributed by atoms with Crippen molar-refractivity contribution in [2.75, 3.05) is 18.1 Å². The molecular weight excluding hydrogens is 350 g/mol. The minimum Gasteiger partial charge on any atom is -0.347 e. The standard InChI is InChI=1S/C19H27N3O3S/c1-14(2)13-21-11-9-15-12-16(7-8-17(15)21)20-19(23)18-6-4-5-10-22(18)26(3,24)25/h7-9,11-12,14,18H,4-6,10,13H2,1-3H3,(H,20,23). The lowest BCUT2D eigenvalue weighted by Gasteiger charge is -2.32. The molecule has 26 heavy (non-hydrogen) atoms. The van der Waals surface area contributed by atoms with Gasteiger partial charge in [0.05, 0.1) is 6.26 Å². The van der Waals surface area contributed by atoms with Gasteiger partial charge in [0.1, 0.15) is 6.04 Å². The van der Waals surface area contributed by atoms with E-state index in [1.54, 1.807) is 0 Å². The summed E-state index contributed by atoms with van der Waals surface area (Å²) < 4.78 is 27.5. The van der Waals surface area contributed by atoms with E-state index >= 15 is 0 Å². The van der Waals surface area contributed by atoms with Gasteiger partial charge in [0.15, 0.2) is 0 Å². The second-order valence-corrected chi connectivity index (χ2v) is 9.45. The van der Waals surface area contributed by atoms with Crippen molar-refractivity contribution in [2.45, 2.75) is 45.7 Å². The van der Waals surface area contributed by atoms with Crippen LogP contribution >= 0.6 is 0 Å². The maximum Gasteiger partial charge on any atom is 0.242 e. The molecule has 0 spiro atoms. The zero-order chi connectivity index (χ0) is 18.9. The Morgan fingerprint density at radius 3 is 2.73 bits per heavy atom. The Morgan fingerprint density at radius 2 is 2.04 bits per heavy atom. The molecule has 1 atom stereocenters. The van der Waals surface area contributed by atoms with Crippen LogP contribution in [-0.4, -0.2) is 42.0 Å². The number of hydrogen-bond donors (Lipinski definition) is 1. The molecule has 1 saturated heterocycles. The number of fused-ring (bicyclic) bond motifs is 1. The summed E-state index contributed by atoms with van der Waals surface area (Å²) in [6.07, 6.45) is 5.45. The van der Waals surface area contributed by atoms with E-state index in [0.717, 1.165) is 30.3 Å². The fourth-order valence-corrected chi connectivity index (χ4v) is 4.74. The van der Waals surface area contributed by atoms with E-state index < -0.39 is 16.1 Å². The first-order valence-corrected chi connectivity index (χ1v) is 11.0. The molecule has 0 radical (unpaired) electrons. The highest BCUT2D eigenvalue weighted by Crippen LogP contribution is 2.24. The summed E-state index contributed by atoms with van der Waals surface area (Å²) in [5.74, 6) is 0.300. The first-order chi connectivity index (χ1) is 12.3. The van der Waals surface area contributed by atoms with Crippen molar-refractivity contribution in [3.63, 3.8) is 0 Å². The van der Waals surface area contributed by atoms with E-state index in [4.69, 9.17) is 0 Å². The molecule has 1 amide bonds. The highest BCUT2D eigenvalue weighted by atomic mass is 32.2. The minimum absolute atomic E-state index is 0.254. The monoisotopic (exact) mass is 377 g/mol. The minimum atomic E-state index is -3.39. The van der Waals surface area contributed by atoms with Crippen LogP contribution in [0.25, 0.3) is 10.9 Å². The molecule has 142 valence electrons. The molecule has 1 aromatic heterocycles. The predicted molar refractivity (Wildman–Crippen MR) is 105 cm³/mol. The maximum absolute atomic E-state index is 12.7. The van der Waals surface area contributed by atoms with Crippen LogP contribution in [-0.2, 0) is 21.4 Å². The molecule has 1 unspecified atom stereocenters. The summed E-state index contributed by atoms with van der Waals surface area (Å²) in [7, 11) is -3.39. The number of carbonyl (C=O) groups excluding carboxylic acids is 1. The number of amides is 1. The van der Waals surface area contributed by atoms with Gasteiger partial charge in [0.25, 0.3) is 0 Å². The Bertz CT molecular complexity index is 902. The average Bonchev–Trinajstić information content (AvgIpc) is 2.95. The van der Waals surface area contributed by atoms with Gasteiger partial charge in [-0.1, -0.05) is 20.3 Å². The molecule has 1 aromatic carbocycles. The molecule has 1 aliphatic heterocycles. The number of nitrogens with one attached hydrogen (secondary N) is 1. The van der Waals surface area contributed by atoms with Gasteiger partial charge in [0.2, 0.25) is 15.9 Å². The molecule has 0 aliphatic carbocycles. The Morgan fingerprint density at radius 1 is 1.27 bits per heavy atom. The second-order valence-electron chi connectivity index (χ2n) is 7.51. The topological polar surface area (TPSA) is 71.4 Å². The zero-order valence-corrected chi connectivity index (χ0v) is 16.4. The van der Waals surface area contributed by atoms with E-state index in [1.165, 1.54) is 10.6 Å². The molecule has 1 fully saturated rings. The number of sulfonamides is 1. The summed E-state index contributed by atoms with van der Waals surface area (Å²) in [6.45, 7) is 5.71. The molecule has 1 aliphatic rings. The van der Waals surface area contributed by atoms with E-state index in [2.05, 4.69) is 29.9 Å². The van der Waals surface area contributed by atoms with Gasteiger partial charge in [-0.2, -0.15) is 4.31 Å². The molecule has 6 nitrogen and oxygen atoms in total. The zero-order valence-electron chi connectivity index (χ0n) is 15.6. The highest BCUT2D eigenvalue weighted by Gasteiger charge is 2.34. The van der Waals surface area contributed by atoms with E-state index in [9.17, 15) is 13.2 Å². The van der Waals surface area contributed by atoms with Crippen molar-refractivity contribution in [3.8, 4) is 0 Å². The summed E-state index contributed by atoms with van der Waals surface area (Å²) in [4.78, 5) is 12.7. The average molecular weight is 378 g/mol. The van der Waals surface area contributed by atoms with Crippen LogP contribution in [0.2, 0.25) is 0 Å². The Balaban J connectivity index is 1.78. The predicted octanol–water partition coefficient (Wildman–Crippen LogP) is 3.05. The van der Waals surface area contributed by atoms with Crippen LogP contribution in [0, 0.1) is 5.92 Å². The third-order valence-electron chi connectivity index (χ3n) is 4.78. The number of piperidine rings is 1. The van der Waals surface area contributed by atoms with Crippen LogP contribution in [0.5, 0.6) is 0 Å². The Labute approximate surface area is 155 Å². The molecule has 3 rings (SSSR count). The van der Waals surface area contributed by atoms with Crippen molar-refractivity contribution in [1.29, 1.82) is 0 Å². The number of aromatic nitrogens is 1. The smallest absolute Gasteiger partial charge is 0.242 e. The fourth-order valence-electron chi connectivity index (χ4n) is 3.62. The maximum atomic E-state index is 12.7. The Kier molecular flexibility index (Phi) is 5.39. The summed E-state index contributed by atoms with van der Waals surface area (Å²) in [6, 6.07) is 7.24. The lowest BCUT2D eigenvalue weighted by Crippen LogP contribution is -2.49. The van der Waals surface area contributed by atoms with Crippen molar-refractivity contribution in [2.24, 2.45) is 5.92 Å². The number of carbonyl (C=O) groups is 1. The van der Waals surface area contributed by atoms with Crippen LogP contribution < -0.4 is 5.32 Å². The fraction of sp³-hybridized carbons (Fsp3) is 0.526. The third kappa shape index (κ3) is 4.10. The van der Waals surface area contributed by atoms with E-state index in [-0.39, 0.29) is 5.91 Å². The molecule has 1 N–H and O–H groups in total. The van der Waals surface area contributed by atoms with Crippen LogP contribution in [0.15, 0.2) is 30.5 Å². The van der Waals surface area contributed by atoms with Gasteiger partial charge in [-0.3, -0.25) is 4.79 Å². The van der Waals surface area contributed by atoms with Crippen LogP contribution in [0.1, 0.15) is 33.1 Å². The Hall–Kier alpha value is -1.86. The highest BCUT2D eigenvalue weighted by molar-refractivity contribution is 7.88. The van der Waals surface area contributed by atoms with Gasteiger partial charge in [0, 0.05) is 35.9 Å². The summed E-state index contributed by atoms with van der Waals surface area (Å²) in [5, 5.41) is 3.96. The first kappa shape index (κ1) is 18.9. The molecule has 0 bridgehead atoms. The summed E-state index contributed by atoms with van der Waals surface area (Å²) in [5.41, 5.74) is 1.83. The molecular formula is C19H27N3O3S. The van der Waals surface area contributed by atoms with E-state index in [1.807, 2.05) is 24.3 Å². The van der Waals surface area contributed by atoms with Gasteiger partial charge < -0.3 is 9.88 Å². The largest absolute Gasteiger partial charge is 0.347 e. The number of benzene rings is 1. The quantitative estimate of drug-likeness (QED) is 0.870. The van der Waals surface area contributed by atoms with Crippen molar-refractivity contribution in [1.82, 2.24) is 8.87 Å². The summed E-state index contributed by atoms with van der Waals surface area (Å²) >= 11 is 0. The number of nitrogens with zero attached hydrogens (tertiary/aromatic N) is 2. The molecule has 2 heterocycles. The molecule has 2 aromatic rings. The lowest BCUT2D eigenvalue weighted by molar-refractivity contribution is -0.120. The van der Waals surface area contributed by atoms with E-state index in [0.29, 0.717) is 24.6 Å². The third-order valence-corrected chi connectivity index (χ3v) is 6.07. The van der Waals surface area contributed by atoms with Crippen molar-refractivity contribution in [3.05, 3.63) is 30.5 Å². The first-order valence-electron chi connectivity index (χ1n) is 9.12. The lowest BCUT2D eigenvalue weighted by atomic mass is 10.0. The van der Waals surface area contributed by atoms with Gasteiger partial charge >= 0.3 is 0 Å². The number of anilines is 1. The number of rotatable bonds is 5. The molecule has 7 heteroatoms. The molecule has 0 saturated carbocycles. The second kappa shape index (κ2) is 7.40. The van der Waals surface area contributed by atoms with Crippen molar-refractivity contribution < 1.29 is 13.2 Å². The van der Waals surface area contributed by atoms with Gasteiger partial charge in [-0.25, -0.2) is 8.42 Å². The van der Waals surface area contributed by atoms with Crippen LogP contribution in [0.4, 0.5) is 5.69 Å². The van der Waals surface area contributed by atoms with Gasteiger partial charge in [-0.15, -0.1) is 0 Å². The van der Waals surface area contributed by atoms with Crippen molar-refractivity contribution >= 4 is 32.5 Å².